The molecule has 82 valence electrons. The lowest BCUT2D eigenvalue weighted by atomic mass is 10.0. The molecule has 0 aliphatic heterocycles. The number of rotatable bonds is 2. The predicted octanol–water partition coefficient (Wildman–Crippen LogP) is 3.34. The van der Waals surface area contributed by atoms with E-state index in [1.165, 1.54) is 6.07 Å². The summed E-state index contributed by atoms with van der Waals surface area (Å²) in [6, 6.07) is 12.6. The normalized spacial score (nSPS) is 10.3. The van der Waals surface area contributed by atoms with E-state index in [0.29, 0.717) is 12.0 Å². The number of halogens is 1. The van der Waals surface area contributed by atoms with E-state index in [-0.39, 0.29) is 16.5 Å². The van der Waals surface area contributed by atoms with Crippen LogP contribution in [0.2, 0.25) is 5.02 Å². The minimum Gasteiger partial charge on any atom is -0.508 e. The van der Waals surface area contributed by atoms with Crippen LogP contribution in [-0.2, 0) is 6.42 Å². The number of aromatic hydroxyl groups is 2. The minimum atomic E-state index is -0.101. The highest BCUT2D eigenvalue weighted by Crippen LogP contribution is 2.32. The van der Waals surface area contributed by atoms with Crippen LogP contribution in [0.1, 0.15) is 11.1 Å². The molecule has 0 atom stereocenters. The number of hydrogen-bond donors (Lipinski definition) is 2. The van der Waals surface area contributed by atoms with Gasteiger partial charge in [-0.05, 0) is 17.2 Å². The molecule has 0 aliphatic rings. The monoisotopic (exact) mass is 234 g/mol. The second-order valence-electron chi connectivity index (χ2n) is 3.59. The third kappa shape index (κ3) is 2.28. The first-order valence-electron chi connectivity index (χ1n) is 4.91. The van der Waals surface area contributed by atoms with E-state index in [4.69, 9.17) is 11.6 Å². The van der Waals surface area contributed by atoms with Gasteiger partial charge in [-0.15, -0.1) is 0 Å². The summed E-state index contributed by atoms with van der Waals surface area (Å²) in [6.07, 6.45) is 0.590. The van der Waals surface area contributed by atoms with Crippen molar-refractivity contribution in [2.75, 3.05) is 0 Å². The largest absolute Gasteiger partial charge is 0.508 e. The summed E-state index contributed by atoms with van der Waals surface area (Å²) in [4.78, 5) is 0. The van der Waals surface area contributed by atoms with Crippen LogP contribution in [0.4, 0.5) is 0 Å². The molecule has 2 rings (SSSR count). The Morgan fingerprint density at radius 2 is 1.62 bits per heavy atom. The fraction of sp³-hybridized carbons (Fsp3) is 0.0769. The lowest BCUT2D eigenvalue weighted by molar-refractivity contribution is 0.447. The number of phenols is 2. The first kappa shape index (κ1) is 10.8. The van der Waals surface area contributed by atoms with Crippen molar-refractivity contribution in [1.29, 1.82) is 0 Å². The maximum atomic E-state index is 9.66. The molecule has 0 bridgehead atoms. The van der Waals surface area contributed by atoms with E-state index in [9.17, 15) is 10.2 Å². The second-order valence-corrected chi connectivity index (χ2v) is 4.00. The van der Waals surface area contributed by atoms with Gasteiger partial charge in [-0.25, -0.2) is 0 Å². The van der Waals surface area contributed by atoms with Crippen LogP contribution in [0.15, 0.2) is 42.5 Å². The molecule has 2 aromatic carbocycles. The zero-order valence-corrected chi connectivity index (χ0v) is 9.28. The SMILES string of the molecule is Oc1cc(O)c(Cc2ccccc2)cc1Cl. The summed E-state index contributed by atoms with van der Waals surface area (Å²) in [5.41, 5.74) is 1.79. The van der Waals surface area contributed by atoms with Crippen LogP contribution in [0.3, 0.4) is 0 Å². The topological polar surface area (TPSA) is 40.5 Å². The van der Waals surface area contributed by atoms with E-state index in [2.05, 4.69) is 0 Å². The van der Waals surface area contributed by atoms with Crippen molar-refractivity contribution in [3.8, 4) is 11.5 Å². The van der Waals surface area contributed by atoms with Gasteiger partial charge in [-0.2, -0.15) is 0 Å². The highest BCUT2D eigenvalue weighted by molar-refractivity contribution is 6.32. The van der Waals surface area contributed by atoms with Crippen molar-refractivity contribution in [2.45, 2.75) is 6.42 Å². The Balaban J connectivity index is 2.32. The maximum Gasteiger partial charge on any atom is 0.137 e. The average Bonchev–Trinajstić information content (AvgIpc) is 2.27. The Hall–Kier alpha value is -1.67. The van der Waals surface area contributed by atoms with Crippen LogP contribution in [0.25, 0.3) is 0 Å². The zero-order chi connectivity index (χ0) is 11.5. The van der Waals surface area contributed by atoms with Gasteiger partial charge in [-0.3, -0.25) is 0 Å². The van der Waals surface area contributed by atoms with Crippen molar-refractivity contribution in [3.05, 3.63) is 58.6 Å². The number of hydrogen-bond acceptors (Lipinski definition) is 2. The van der Waals surface area contributed by atoms with E-state index < -0.39 is 0 Å². The van der Waals surface area contributed by atoms with Gasteiger partial charge in [0, 0.05) is 12.5 Å². The summed E-state index contributed by atoms with van der Waals surface area (Å²) in [5.74, 6) is -0.0401. The summed E-state index contributed by atoms with van der Waals surface area (Å²) in [6.45, 7) is 0. The molecule has 0 radical (unpaired) electrons. The fourth-order valence-corrected chi connectivity index (χ4v) is 1.74. The number of phenolic OH excluding ortho intramolecular Hbond substituents is 2. The summed E-state index contributed by atoms with van der Waals surface area (Å²) < 4.78 is 0. The van der Waals surface area contributed by atoms with Gasteiger partial charge in [0.1, 0.15) is 11.5 Å². The van der Waals surface area contributed by atoms with E-state index in [1.54, 1.807) is 6.07 Å². The van der Waals surface area contributed by atoms with Crippen LogP contribution < -0.4 is 0 Å². The Bertz CT molecular complexity index is 495. The predicted molar refractivity (Wildman–Crippen MR) is 64.0 cm³/mol. The summed E-state index contributed by atoms with van der Waals surface area (Å²) >= 11 is 5.79. The first-order valence-corrected chi connectivity index (χ1v) is 5.29. The molecule has 0 saturated carbocycles. The molecule has 3 heteroatoms. The van der Waals surface area contributed by atoms with Crippen molar-refractivity contribution in [1.82, 2.24) is 0 Å². The van der Waals surface area contributed by atoms with E-state index >= 15 is 0 Å². The van der Waals surface area contributed by atoms with Gasteiger partial charge in [-0.1, -0.05) is 41.9 Å². The molecule has 16 heavy (non-hydrogen) atoms. The first-order chi connectivity index (χ1) is 7.66. The van der Waals surface area contributed by atoms with E-state index in [0.717, 1.165) is 5.56 Å². The third-order valence-corrected chi connectivity index (χ3v) is 2.69. The van der Waals surface area contributed by atoms with Crippen molar-refractivity contribution in [3.63, 3.8) is 0 Å². The molecular weight excluding hydrogens is 224 g/mol. The molecule has 0 heterocycles. The Kier molecular flexibility index (Phi) is 3.02. The molecule has 0 amide bonds. The van der Waals surface area contributed by atoms with Gasteiger partial charge in [0.2, 0.25) is 0 Å². The van der Waals surface area contributed by atoms with Crippen molar-refractivity contribution < 1.29 is 10.2 Å². The van der Waals surface area contributed by atoms with Gasteiger partial charge in [0.15, 0.2) is 0 Å². The molecule has 0 saturated heterocycles. The Morgan fingerprint density at radius 3 is 2.31 bits per heavy atom. The van der Waals surface area contributed by atoms with Crippen LogP contribution in [0.5, 0.6) is 11.5 Å². The molecule has 0 spiro atoms. The zero-order valence-electron chi connectivity index (χ0n) is 8.52. The van der Waals surface area contributed by atoms with Crippen molar-refractivity contribution >= 4 is 11.6 Å². The van der Waals surface area contributed by atoms with Crippen LogP contribution >= 0.6 is 11.6 Å². The standard InChI is InChI=1S/C13H11ClO2/c14-11-7-10(12(15)8-13(11)16)6-9-4-2-1-3-5-9/h1-5,7-8,15-16H,6H2. The smallest absolute Gasteiger partial charge is 0.137 e. The lowest BCUT2D eigenvalue weighted by Gasteiger charge is -2.06. The highest BCUT2D eigenvalue weighted by Gasteiger charge is 2.07. The third-order valence-electron chi connectivity index (χ3n) is 2.39. The Labute approximate surface area is 98.7 Å². The summed E-state index contributed by atoms with van der Waals surface area (Å²) in [7, 11) is 0. The average molecular weight is 235 g/mol. The van der Waals surface area contributed by atoms with Crippen molar-refractivity contribution in [2.24, 2.45) is 0 Å². The Morgan fingerprint density at radius 1 is 0.938 bits per heavy atom. The molecule has 2 aromatic rings. The molecule has 0 fully saturated rings. The quantitative estimate of drug-likeness (QED) is 0.837. The molecule has 0 aromatic heterocycles. The van der Waals surface area contributed by atoms with Gasteiger partial charge in [0.05, 0.1) is 5.02 Å². The number of benzene rings is 2. The van der Waals surface area contributed by atoms with Crippen LogP contribution in [0, 0.1) is 0 Å². The summed E-state index contributed by atoms with van der Waals surface area (Å²) in [5, 5.41) is 19.2. The molecule has 0 aliphatic carbocycles. The fourth-order valence-electron chi connectivity index (χ4n) is 1.55. The van der Waals surface area contributed by atoms with Gasteiger partial charge >= 0.3 is 0 Å². The minimum absolute atomic E-state index is 0.0609. The lowest BCUT2D eigenvalue weighted by Crippen LogP contribution is -1.88. The van der Waals surface area contributed by atoms with Gasteiger partial charge < -0.3 is 10.2 Å². The molecule has 2 nitrogen and oxygen atoms in total. The van der Waals surface area contributed by atoms with Crippen LogP contribution in [-0.4, -0.2) is 10.2 Å². The maximum absolute atomic E-state index is 9.66. The highest BCUT2D eigenvalue weighted by atomic mass is 35.5. The van der Waals surface area contributed by atoms with E-state index in [1.807, 2.05) is 30.3 Å². The molecule has 2 N–H and O–H groups in total. The molecule has 0 unspecified atom stereocenters. The van der Waals surface area contributed by atoms with Gasteiger partial charge in [0.25, 0.3) is 0 Å². The molecular formula is C13H11ClO2. The second kappa shape index (κ2) is 4.45.